The number of nitrogens with one attached hydrogen (secondary N) is 1. The van der Waals surface area contributed by atoms with Crippen molar-refractivity contribution in [2.24, 2.45) is 11.8 Å². The molecule has 0 aliphatic heterocycles. The van der Waals surface area contributed by atoms with E-state index in [9.17, 15) is 0 Å². The van der Waals surface area contributed by atoms with E-state index in [1.165, 1.54) is 32.1 Å². The van der Waals surface area contributed by atoms with Crippen LogP contribution in [0, 0.1) is 24.2 Å². The van der Waals surface area contributed by atoms with E-state index in [2.05, 4.69) is 18.2 Å². The molecule has 0 aromatic heterocycles. The lowest BCUT2D eigenvalue weighted by Crippen LogP contribution is -2.33. The smallest absolute Gasteiger partial charge is 0.0660 e. The summed E-state index contributed by atoms with van der Waals surface area (Å²) < 4.78 is 0. The zero-order valence-electron chi connectivity index (χ0n) is 8.42. The lowest BCUT2D eigenvalue weighted by Gasteiger charge is -2.15. The van der Waals surface area contributed by atoms with Crippen LogP contribution in [0.3, 0.4) is 0 Å². The van der Waals surface area contributed by atoms with Crippen molar-refractivity contribution in [3.8, 4) is 12.3 Å². The Balaban J connectivity index is 1.74. The van der Waals surface area contributed by atoms with Gasteiger partial charge in [0.05, 0.1) is 6.04 Å². The summed E-state index contributed by atoms with van der Waals surface area (Å²) in [6, 6.07) is 0.958. The van der Waals surface area contributed by atoms with E-state index in [-0.39, 0.29) is 6.04 Å². The molecule has 3 atom stereocenters. The Hall–Kier alpha value is -0.480. The summed E-state index contributed by atoms with van der Waals surface area (Å²) in [6.07, 6.45) is 12.5. The van der Waals surface area contributed by atoms with Gasteiger partial charge in [-0.25, -0.2) is 0 Å². The topological polar surface area (TPSA) is 12.0 Å². The van der Waals surface area contributed by atoms with Crippen molar-refractivity contribution in [3.63, 3.8) is 0 Å². The van der Waals surface area contributed by atoms with Gasteiger partial charge in [0.1, 0.15) is 0 Å². The molecule has 2 aliphatic rings. The molecule has 0 bridgehead atoms. The molecule has 0 heterocycles. The molecule has 0 saturated heterocycles. The van der Waals surface area contributed by atoms with E-state index in [4.69, 9.17) is 6.42 Å². The maximum absolute atomic E-state index is 5.34. The monoisotopic (exact) mass is 177 g/mol. The van der Waals surface area contributed by atoms with Gasteiger partial charge in [-0.05, 0) is 50.9 Å². The molecule has 2 rings (SSSR count). The molecule has 0 aromatic rings. The lowest BCUT2D eigenvalue weighted by molar-refractivity contribution is 0.440. The summed E-state index contributed by atoms with van der Waals surface area (Å²) in [5.41, 5.74) is 0. The fraction of sp³-hybridized carbons (Fsp3) is 0.833. The molecular formula is C12H19N. The predicted molar refractivity (Wildman–Crippen MR) is 55.3 cm³/mol. The van der Waals surface area contributed by atoms with Crippen molar-refractivity contribution in [1.82, 2.24) is 5.32 Å². The van der Waals surface area contributed by atoms with Gasteiger partial charge in [0.15, 0.2) is 0 Å². The predicted octanol–water partition coefficient (Wildman–Crippen LogP) is 2.18. The molecule has 1 nitrogen and oxygen atoms in total. The molecule has 1 N–H and O–H groups in total. The summed E-state index contributed by atoms with van der Waals surface area (Å²) in [4.78, 5) is 0. The van der Waals surface area contributed by atoms with Gasteiger partial charge in [-0.3, -0.25) is 0 Å². The Bertz CT molecular complexity index is 212. The third-order valence-corrected chi connectivity index (χ3v) is 3.50. The highest BCUT2D eigenvalue weighted by molar-refractivity contribution is 4.99. The number of hydrogen-bond donors (Lipinski definition) is 1. The van der Waals surface area contributed by atoms with Gasteiger partial charge in [-0.15, -0.1) is 6.42 Å². The second-order valence-corrected chi connectivity index (χ2v) is 4.66. The van der Waals surface area contributed by atoms with Crippen molar-refractivity contribution in [2.75, 3.05) is 0 Å². The van der Waals surface area contributed by atoms with Gasteiger partial charge in [-0.2, -0.15) is 0 Å². The van der Waals surface area contributed by atoms with Crippen LogP contribution in [0.25, 0.3) is 0 Å². The molecule has 2 fully saturated rings. The molecule has 1 heteroatoms. The SMILES string of the molecule is C#CC(C)NC1CCC(C2CC2)C1. The van der Waals surface area contributed by atoms with Crippen LogP contribution in [0.15, 0.2) is 0 Å². The second-order valence-electron chi connectivity index (χ2n) is 4.66. The van der Waals surface area contributed by atoms with Crippen molar-refractivity contribution < 1.29 is 0 Å². The molecule has 0 spiro atoms. The van der Waals surface area contributed by atoms with Crippen LogP contribution < -0.4 is 5.32 Å². The summed E-state index contributed by atoms with van der Waals surface area (Å²) >= 11 is 0. The molecular weight excluding hydrogens is 158 g/mol. The lowest BCUT2D eigenvalue weighted by atomic mass is 10.0. The minimum absolute atomic E-state index is 0.253. The van der Waals surface area contributed by atoms with Gasteiger partial charge in [-0.1, -0.05) is 5.92 Å². The quantitative estimate of drug-likeness (QED) is 0.651. The van der Waals surface area contributed by atoms with Crippen LogP contribution in [-0.2, 0) is 0 Å². The van der Waals surface area contributed by atoms with E-state index in [0.717, 1.165) is 11.8 Å². The third kappa shape index (κ3) is 2.25. The highest BCUT2D eigenvalue weighted by atomic mass is 14.9. The Morgan fingerprint density at radius 1 is 1.23 bits per heavy atom. The first-order valence-corrected chi connectivity index (χ1v) is 5.51. The van der Waals surface area contributed by atoms with E-state index < -0.39 is 0 Å². The summed E-state index contributed by atoms with van der Waals surface area (Å²) in [5.74, 6) is 4.83. The van der Waals surface area contributed by atoms with E-state index in [1.54, 1.807) is 0 Å². The van der Waals surface area contributed by atoms with Crippen LogP contribution in [0.1, 0.15) is 39.0 Å². The zero-order chi connectivity index (χ0) is 9.26. The van der Waals surface area contributed by atoms with Crippen LogP contribution in [0.4, 0.5) is 0 Å². The van der Waals surface area contributed by atoms with Gasteiger partial charge in [0.25, 0.3) is 0 Å². The van der Waals surface area contributed by atoms with E-state index in [1.807, 2.05) is 0 Å². The van der Waals surface area contributed by atoms with Gasteiger partial charge in [0.2, 0.25) is 0 Å². The highest BCUT2D eigenvalue weighted by Gasteiger charge is 2.36. The van der Waals surface area contributed by atoms with Crippen LogP contribution in [0.2, 0.25) is 0 Å². The maximum Gasteiger partial charge on any atom is 0.0660 e. The maximum atomic E-state index is 5.34. The summed E-state index contributed by atoms with van der Waals surface area (Å²) in [7, 11) is 0. The molecule has 72 valence electrons. The van der Waals surface area contributed by atoms with Gasteiger partial charge in [0, 0.05) is 6.04 Å². The molecule has 0 amide bonds. The fourth-order valence-corrected chi connectivity index (χ4v) is 2.57. The van der Waals surface area contributed by atoms with E-state index in [0.29, 0.717) is 6.04 Å². The first-order valence-electron chi connectivity index (χ1n) is 5.51. The minimum Gasteiger partial charge on any atom is -0.301 e. The average Bonchev–Trinajstić information content (AvgIpc) is 2.88. The average molecular weight is 177 g/mol. The first-order chi connectivity index (χ1) is 6.29. The van der Waals surface area contributed by atoms with Crippen molar-refractivity contribution in [3.05, 3.63) is 0 Å². The Labute approximate surface area is 81.3 Å². The zero-order valence-corrected chi connectivity index (χ0v) is 8.42. The highest BCUT2D eigenvalue weighted by Crippen LogP contribution is 2.44. The van der Waals surface area contributed by atoms with Crippen molar-refractivity contribution in [2.45, 2.75) is 51.1 Å². The van der Waals surface area contributed by atoms with E-state index >= 15 is 0 Å². The second kappa shape index (κ2) is 3.72. The third-order valence-electron chi connectivity index (χ3n) is 3.50. The first kappa shape index (κ1) is 9.09. The van der Waals surface area contributed by atoms with Gasteiger partial charge < -0.3 is 5.32 Å². The van der Waals surface area contributed by atoms with Gasteiger partial charge >= 0.3 is 0 Å². The molecule has 13 heavy (non-hydrogen) atoms. The fourth-order valence-electron chi connectivity index (χ4n) is 2.57. The molecule has 0 radical (unpaired) electrons. The molecule has 2 saturated carbocycles. The number of terminal acetylenes is 1. The number of hydrogen-bond acceptors (Lipinski definition) is 1. The molecule has 2 aliphatic carbocycles. The Kier molecular flexibility index (Phi) is 2.60. The van der Waals surface area contributed by atoms with Crippen molar-refractivity contribution >= 4 is 0 Å². The summed E-state index contributed by atoms with van der Waals surface area (Å²) in [6.45, 7) is 2.07. The van der Waals surface area contributed by atoms with Crippen molar-refractivity contribution in [1.29, 1.82) is 0 Å². The Morgan fingerprint density at radius 2 is 1.92 bits per heavy atom. The van der Waals surface area contributed by atoms with Crippen LogP contribution in [0.5, 0.6) is 0 Å². The standard InChI is InChI=1S/C12H19N/c1-3-9(2)13-12-7-6-11(8-12)10-4-5-10/h1,9-13H,4-8H2,2H3. The van der Waals surface area contributed by atoms with Crippen LogP contribution in [-0.4, -0.2) is 12.1 Å². The van der Waals surface area contributed by atoms with Crippen LogP contribution >= 0.6 is 0 Å². The number of rotatable bonds is 3. The molecule has 3 unspecified atom stereocenters. The largest absolute Gasteiger partial charge is 0.301 e. The minimum atomic E-state index is 0.253. The summed E-state index contributed by atoms with van der Waals surface area (Å²) in [5, 5.41) is 3.50. The molecule has 0 aromatic carbocycles. The normalized spacial score (nSPS) is 35.7. The Morgan fingerprint density at radius 3 is 2.54 bits per heavy atom.